The first kappa shape index (κ1) is 29.0. The van der Waals surface area contributed by atoms with Gasteiger partial charge in [-0.3, -0.25) is 19.5 Å². The Kier molecular flexibility index (Phi) is 8.99. The lowest BCUT2D eigenvalue weighted by atomic mass is 10.0. The predicted molar refractivity (Wildman–Crippen MR) is 164 cm³/mol. The van der Waals surface area contributed by atoms with E-state index in [-0.39, 0.29) is 12.1 Å². The molecule has 0 spiro atoms. The number of carbonyl (C=O) groups excluding carboxylic acids is 1. The van der Waals surface area contributed by atoms with Crippen molar-refractivity contribution in [3.63, 3.8) is 0 Å². The molecule has 218 valence electrons. The molecule has 1 saturated heterocycles. The van der Waals surface area contributed by atoms with E-state index in [0.717, 1.165) is 55.7 Å². The highest BCUT2D eigenvalue weighted by atomic mass is 32.2. The average Bonchev–Trinajstić information content (AvgIpc) is 2.97. The zero-order valence-electron chi connectivity index (χ0n) is 23.6. The van der Waals surface area contributed by atoms with Gasteiger partial charge in [0.05, 0.1) is 18.1 Å². The third-order valence-electron chi connectivity index (χ3n) is 6.92. The number of aromatic nitrogens is 2. The van der Waals surface area contributed by atoms with Crippen molar-refractivity contribution in [1.82, 2.24) is 14.9 Å². The summed E-state index contributed by atoms with van der Waals surface area (Å²) < 4.78 is 31.0. The number of piperidine rings is 1. The first-order valence-corrected chi connectivity index (χ1v) is 15.6. The summed E-state index contributed by atoms with van der Waals surface area (Å²) in [6.07, 6.45) is 6.27. The molecule has 0 unspecified atom stereocenters. The average molecular weight is 587 g/mol. The maximum atomic E-state index is 13.4. The molecule has 5 rings (SSSR count). The Bertz CT molecular complexity index is 1570. The van der Waals surface area contributed by atoms with Crippen LogP contribution < -0.4 is 19.7 Å². The molecular weight excluding hydrogens is 552 g/mol. The maximum Gasteiger partial charge on any atom is 0.326 e. The van der Waals surface area contributed by atoms with Crippen LogP contribution in [-0.4, -0.2) is 54.7 Å². The lowest BCUT2D eigenvalue weighted by Crippen LogP contribution is -2.49. The number of para-hydroxylation sites is 1. The lowest BCUT2D eigenvalue weighted by Gasteiger charge is -2.38. The maximum absolute atomic E-state index is 13.4. The fourth-order valence-corrected chi connectivity index (χ4v) is 5.46. The summed E-state index contributed by atoms with van der Waals surface area (Å²) in [5.74, 6) is 1.01. The number of carbonyl (C=O) groups is 1. The number of nitrogens with zero attached hydrogens (tertiary/aromatic N) is 4. The van der Waals surface area contributed by atoms with Crippen LogP contribution in [0.5, 0.6) is 11.6 Å². The SMILES string of the molecule is Cc1ccc(NC(=O)N(c2ccccc2)C2CCN(Cc3ccc(Oc4ccc(NS(C)(=O)=O)cc4)nc3)CC2)cn1. The number of rotatable bonds is 9. The van der Waals surface area contributed by atoms with Crippen molar-refractivity contribution in [3.8, 4) is 11.6 Å². The normalized spacial score (nSPS) is 14.2. The van der Waals surface area contributed by atoms with Crippen molar-refractivity contribution in [1.29, 1.82) is 0 Å². The number of sulfonamides is 1. The fourth-order valence-electron chi connectivity index (χ4n) is 4.89. The van der Waals surface area contributed by atoms with E-state index in [1.807, 2.05) is 66.4 Å². The summed E-state index contributed by atoms with van der Waals surface area (Å²) >= 11 is 0. The third kappa shape index (κ3) is 8.05. The largest absolute Gasteiger partial charge is 0.439 e. The van der Waals surface area contributed by atoms with Crippen LogP contribution in [0.15, 0.2) is 91.3 Å². The van der Waals surface area contributed by atoms with Gasteiger partial charge in [-0.25, -0.2) is 18.2 Å². The summed E-state index contributed by atoms with van der Waals surface area (Å²) in [6.45, 7) is 4.36. The predicted octanol–water partition coefficient (Wildman–Crippen LogP) is 5.65. The number of urea groups is 1. The standard InChI is InChI=1S/C31H34N6O4S/c1-23-8-10-26(21-32-23)34-31(38)37(27-6-4-3-5-7-27)28-16-18-36(19-17-28)22-24-9-15-30(33-20-24)41-29-13-11-25(12-14-29)35-42(2,39)40/h3-15,20-21,28,35H,16-19,22H2,1-2H3,(H,34,38). The molecule has 1 aliphatic heterocycles. The molecule has 2 N–H and O–H groups in total. The van der Waals surface area contributed by atoms with Crippen LogP contribution in [0.25, 0.3) is 0 Å². The Balaban J connectivity index is 1.16. The Morgan fingerprint density at radius 2 is 1.64 bits per heavy atom. The van der Waals surface area contributed by atoms with Gasteiger partial charge in [0.25, 0.3) is 0 Å². The van der Waals surface area contributed by atoms with Crippen LogP contribution in [0.2, 0.25) is 0 Å². The highest BCUT2D eigenvalue weighted by Gasteiger charge is 2.29. The van der Waals surface area contributed by atoms with Gasteiger partial charge in [-0.2, -0.15) is 0 Å². The zero-order valence-corrected chi connectivity index (χ0v) is 24.4. The molecule has 42 heavy (non-hydrogen) atoms. The van der Waals surface area contributed by atoms with Gasteiger partial charge >= 0.3 is 6.03 Å². The van der Waals surface area contributed by atoms with Gasteiger partial charge < -0.3 is 10.1 Å². The second-order valence-electron chi connectivity index (χ2n) is 10.3. The van der Waals surface area contributed by atoms with Crippen molar-refractivity contribution in [2.75, 3.05) is 34.3 Å². The van der Waals surface area contributed by atoms with Gasteiger partial charge in [0.15, 0.2) is 0 Å². The van der Waals surface area contributed by atoms with Gasteiger partial charge in [-0.1, -0.05) is 24.3 Å². The summed E-state index contributed by atoms with van der Waals surface area (Å²) in [7, 11) is -3.33. The van der Waals surface area contributed by atoms with Crippen molar-refractivity contribution in [2.24, 2.45) is 0 Å². The van der Waals surface area contributed by atoms with Gasteiger partial charge in [-0.05, 0) is 73.9 Å². The minimum Gasteiger partial charge on any atom is -0.439 e. The van der Waals surface area contributed by atoms with Crippen molar-refractivity contribution < 1.29 is 17.9 Å². The Morgan fingerprint density at radius 1 is 0.929 bits per heavy atom. The molecule has 0 bridgehead atoms. The van der Waals surface area contributed by atoms with E-state index in [1.165, 1.54) is 0 Å². The quantitative estimate of drug-likeness (QED) is 0.260. The van der Waals surface area contributed by atoms with Crippen molar-refractivity contribution in [3.05, 3.63) is 103 Å². The molecule has 4 aromatic rings. The highest BCUT2D eigenvalue weighted by molar-refractivity contribution is 7.92. The smallest absolute Gasteiger partial charge is 0.326 e. The number of pyridine rings is 2. The lowest BCUT2D eigenvalue weighted by molar-refractivity contribution is 0.199. The van der Waals surface area contributed by atoms with Crippen LogP contribution >= 0.6 is 0 Å². The van der Waals surface area contributed by atoms with E-state index in [2.05, 4.69) is 24.9 Å². The minimum absolute atomic E-state index is 0.0648. The monoisotopic (exact) mass is 586 g/mol. The van der Waals surface area contributed by atoms with E-state index in [0.29, 0.717) is 23.0 Å². The topological polar surface area (TPSA) is 117 Å². The Morgan fingerprint density at radius 3 is 2.26 bits per heavy atom. The number of anilines is 3. The first-order chi connectivity index (χ1) is 20.2. The van der Waals surface area contributed by atoms with Crippen molar-refractivity contribution >= 4 is 33.1 Å². The molecule has 11 heteroatoms. The van der Waals surface area contributed by atoms with E-state index < -0.39 is 10.0 Å². The number of nitrogens with one attached hydrogen (secondary N) is 2. The van der Waals surface area contributed by atoms with E-state index in [9.17, 15) is 13.2 Å². The number of hydrogen-bond donors (Lipinski definition) is 2. The highest BCUT2D eigenvalue weighted by Crippen LogP contribution is 2.26. The van der Waals surface area contributed by atoms with Gasteiger partial charge in [0.1, 0.15) is 5.75 Å². The minimum atomic E-state index is -3.33. The Labute approximate surface area is 246 Å². The van der Waals surface area contributed by atoms with Gasteiger partial charge in [0, 0.05) is 55.0 Å². The molecule has 0 aliphatic carbocycles. The molecule has 0 saturated carbocycles. The Hall–Kier alpha value is -4.48. The van der Waals surface area contributed by atoms with Crippen LogP contribution in [0.3, 0.4) is 0 Å². The van der Waals surface area contributed by atoms with E-state index in [4.69, 9.17) is 4.74 Å². The number of aryl methyl sites for hydroxylation is 1. The van der Waals surface area contributed by atoms with Crippen LogP contribution in [0.4, 0.5) is 21.9 Å². The number of hydrogen-bond acceptors (Lipinski definition) is 7. The second kappa shape index (κ2) is 13.0. The van der Waals surface area contributed by atoms with Crippen molar-refractivity contribution in [2.45, 2.75) is 32.4 Å². The summed E-state index contributed by atoms with van der Waals surface area (Å²) in [6, 6.07) is 23.9. The van der Waals surface area contributed by atoms with E-state index >= 15 is 0 Å². The molecule has 3 heterocycles. The number of likely N-dealkylation sites (tertiary alicyclic amines) is 1. The third-order valence-corrected chi connectivity index (χ3v) is 7.53. The van der Waals surface area contributed by atoms with Crippen LogP contribution in [0, 0.1) is 6.92 Å². The number of benzene rings is 2. The number of amides is 2. The first-order valence-electron chi connectivity index (χ1n) is 13.7. The van der Waals surface area contributed by atoms with Gasteiger partial charge in [0.2, 0.25) is 15.9 Å². The molecule has 0 radical (unpaired) electrons. The molecule has 2 amide bonds. The molecular formula is C31H34N6O4S. The van der Waals surface area contributed by atoms with Gasteiger partial charge in [-0.15, -0.1) is 0 Å². The molecule has 1 aliphatic rings. The fraction of sp³-hybridized carbons (Fsp3) is 0.258. The van der Waals surface area contributed by atoms with Crippen LogP contribution in [-0.2, 0) is 16.6 Å². The summed E-state index contributed by atoms with van der Waals surface area (Å²) in [4.78, 5) is 26.4. The number of ether oxygens (including phenoxy) is 1. The van der Waals surface area contributed by atoms with E-state index in [1.54, 1.807) is 36.7 Å². The summed E-state index contributed by atoms with van der Waals surface area (Å²) in [5, 5.41) is 3.01. The zero-order chi connectivity index (χ0) is 29.5. The second-order valence-corrected chi connectivity index (χ2v) is 12.1. The molecule has 2 aromatic carbocycles. The summed E-state index contributed by atoms with van der Waals surface area (Å²) in [5.41, 5.74) is 3.97. The molecule has 1 fully saturated rings. The molecule has 0 atom stereocenters. The molecule has 10 nitrogen and oxygen atoms in total. The molecule has 2 aromatic heterocycles. The van der Waals surface area contributed by atoms with Crippen LogP contribution in [0.1, 0.15) is 24.1 Å².